The monoisotopic (exact) mass is 379 g/mol. The van der Waals surface area contributed by atoms with Gasteiger partial charge in [0.15, 0.2) is 0 Å². The smallest absolute Gasteiger partial charge is 0.255 e. The van der Waals surface area contributed by atoms with E-state index in [2.05, 4.69) is 5.32 Å². The molecule has 0 atom stereocenters. The normalized spacial score (nSPS) is 13.8. The van der Waals surface area contributed by atoms with Gasteiger partial charge >= 0.3 is 0 Å². The first-order valence-electron chi connectivity index (χ1n) is 9.54. The number of aromatic nitrogens is 1. The lowest BCUT2D eigenvalue weighted by Gasteiger charge is -2.18. The molecule has 0 radical (unpaired) electrons. The number of carbonyl (C=O) groups is 2. The van der Waals surface area contributed by atoms with E-state index in [-0.39, 0.29) is 24.1 Å². The lowest BCUT2D eigenvalue weighted by Crippen LogP contribution is -2.28. The van der Waals surface area contributed by atoms with Crippen LogP contribution in [-0.2, 0) is 11.3 Å². The van der Waals surface area contributed by atoms with Gasteiger partial charge in [0.2, 0.25) is 5.91 Å². The SMILES string of the molecule is O=C(CCn1ccc2ccc(F)cc21)Nc1ccccc1C(=O)N1CCCC1. The van der Waals surface area contributed by atoms with E-state index >= 15 is 0 Å². The first-order valence-corrected chi connectivity index (χ1v) is 9.54. The van der Waals surface area contributed by atoms with Crippen LogP contribution >= 0.6 is 0 Å². The van der Waals surface area contributed by atoms with Crippen LogP contribution in [0, 0.1) is 5.82 Å². The molecule has 1 aromatic heterocycles. The van der Waals surface area contributed by atoms with E-state index in [4.69, 9.17) is 0 Å². The van der Waals surface area contributed by atoms with Gasteiger partial charge < -0.3 is 14.8 Å². The van der Waals surface area contributed by atoms with Gasteiger partial charge in [0.25, 0.3) is 5.91 Å². The molecule has 1 N–H and O–H groups in total. The Labute approximate surface area is 162 Å². The summed E-state index contributed by atoms with van der Waals surface area (Å²) in [6.07, 6.45) is 4.12. The summed E-state index contributed by atoms with van der Waals surface area (Å²) in [4.78, 5) is 27.0. The Hall–Kier alpha value is -3.15. The number of nitrogens with one attached hydrogen (secondary N) is 1. The molecule has 1 aliphatic heterocycles. The number of halogens is 1. The maximum atomic E-state index is 13.5. The molecule has 1 aliphatic rings. The Balaban J connectivity index is 1.44. The van der Waals surface area contributed by atoms with Crippen molar-refractivity contribution in [1.29, 1.82) is 0 Å². The number of amides is 2. The lowest BCUT2D eigenvalue weighted by molar-refractivity contribution is -0.116. The van der Waals surface area contributed by atoms with Crippen molar-refractivity contribution in [1.82, 2.24) is 9.47 Å². The van der Waals surface area contributed by atoms with Crippen LogP contribution in [-0.4, -0.2) is 34.4 Å². The van der Waals surface area contributed by atoms with Gasteiger partial charge in [-0.15, -0.1) is 0 Å². The third-order valence-electron chi connectivity index (χ3n) is 5.14. The second-order valence-corrected chi connectivity index (χ2v) is 7.06. The number of anilines is 1. The molecule has 6 heteroatoms. The summed E-state index contributed by atoms with van der Waals surface area (Å²) in [6.45, 7) is 1.96. The summed E-state index contributed by atoms with van der Waals surface area (Å²) in [5.41, 5.74) is 1.82. The molecule has 0 bridgehead atoms. The second-order valence-electron chi connectivity index (χ2n) is 7.06. The van der Waals surface area contributed by atoms with Crippen molar-refractivity contribution in [3.05, 3.63) is 66.1 Å². The van der Waals surface area contributed by atoms with E-state index in [0.717, 1.165) is 36.8 Å². The second kappa shape index (κ2) is 7.84. The quantitative estimate of drug-likeness (QED) is 0.727. The topological polar surface area (TPSA) is 54.3 Å². The molecule has 2 heterocycles. The van der Waals surface area contributed by atoms with Crippen LogP contribution in [0.1, 0.15) is 29.6 Å². The molecule has 0 saturated carbocycles. The number of aryl methyl sites for hydroxylation is 1. The molecule has 0 spiro atoms. The molecular weight excluding hydrogens is 357 g/mol. The Kier molecular flexibility index (Phi) is 5.10. The maximum absolute atomic E-state index is 13.5. The lowest BCUT2D eigenvalue weighted by atomic mass is 10.1. The fourth-order valence-electron chi connectivity index (χ4n) is 3.66. The minimum atomic E-state index is -0.300. The average Bonchev–Trinajstić information content (AvgIpc) is 3.36. The fraction of sp³-hybridized carbons (Fsp3) is 0.273. The summed E-state index contributed by atoms with van der Waals surface area (Å²) in [5.74, 6) is -0.522. The summed E-state index contributed by atoms with van der Waals surface area (Å²) in [7, 11) is 0. The summed E-state index contributed by atoms with van der Waals surface area (Å²) in [6, 6.07) is 13.6. The predicted octanol–water partition coefficient (Wildman–Crippen LogP) is 4.05. The van der Waals surface area contributed by atoms with E-state index in [0.29, 0.717) is 17.8 Å². The fourth-order valence-corrected chi connectivity index (χ4v) is 3.66. The van der Waals surface area contributed by atoms with Gasteiger partial charge in [-0.25, -0.2) is 4.39 Å². The third-order valence-corrected chi connectivity index (χ3v) is 5.14. The number of nitrogens with zero attached hydrogens (tertiary/aromatic N) is 2. The Bertz CT molecular complexity index is 1020. The van der Waals surface area contributed by atoms with Crippen molar-refractivity contribution in [3.63, 3.8) is 0 Å². The number of carbonyl (C=O) groups excluding carboxylic acids is 2. The number of benzene rings is 2. The van der Waals surface area contributed by atoms with E-state index in [9.17, 15) is 14.0 Å². The molecule has 2 aromatic carbocycles. The number of rotatable bonds is 5. The molecule has 3 aromatic rings. The molecule has 1 fully saturated rings. The Morgan fingerprint density at radius 2 is 1.82 bits per heavy atom. The maximum Gasteiger partial charge on any atom is 0.255 e. The van der Waals surface area contributed by atoms with Crippen molar-refractivity contribution in [2.45, 2.75) is 25.8 Å². The van der Waals surface area contributed by atoms with Gasteiger partial charge in [-0.1, -0.05) is 12.1 Å². The van der Waals surface area contributed by atoms with Crippen LogP contribution in [0.5, 0.6) is 0 Å². The summed E-state index contributed by atoms with van der Waals surface area (Å²) >= 11 is 0. The zero-order chi connectivity index (χ0) is 19.5. The molecule has 2 amide bonds. The zero-order valence-corrected chi connectivity index (χ0v) is 15.5. The van der Waals surface area contributed by atoms with Crippen LogP contribution in [0.15, 0.2) is 54.7 Å². The summed E-state index contributed by atoms with van der Waals surface area (Å²) < 4.78 is 15.4. The van der Waals surface area contributed by atoms with Crippen molar-refractivity contribution in [2.24, 2.45) is 0 Å². The highest BCUT2D eigenvalue weighted by atomic mass is 19.1. The highest BCUT2D eigenvalue weighted by Gasteiger charge is 2.22. The molecule has 4 rings (SSSR count). The van der Waals surface area contributed by atoms with Gasteiger partial charge in [0.1, 0.15) is 5.82 Å². The van der Waals surface area contributed by atoms with Crippen molar-refractivity contribution in [3.8, 4) is 0 Å². The van der Waals surface area contributed by atoms with E-state index in [1.54, 1.807) is 30.3 Å². The van der Waals surface area contributed by atoms with Gasteiger partial charge in [-0.3, -0.25) is 9.59 Å². The number of hydrogen-bond donors (Lipinski definition) is 1. The molecule has 0 unspecified atom stereocenters. The average molecular weight is 379 g/mol. The van der Waals surface area contributed by atoms with Crippen LogP contribution in [0.2, 0.25) is 0 Å². The van der Waals surface area contributed by atoms with Gasteiger partial charge in [0, 0.05) is 32.3 Å². The van der Waals surface area contributed by atoms with E-state index in [1.165, 1.54) is 12.1 Å². The van der Waals surface area contributed by atoms with Gasteiger partial charge in [-0.05, 0) is 54.6 Å². The number of likely N-dealkylation sites (tertiary alicyclic amines) is 1. The molecule has 1 saturated heterocycles. The minimum Gasteiger partial charge on any atom is -0.347 e. The van der Waals surface area contributed by atoms with Crippen molar-refractivity contribution in [2.75, 3.05) is 18.4 Å². The highest BCUT2D eigenvalue weighted by molar-refractivity contribution is 6.03. The largest absolute Gasteiger partial charge is 0.347 e. The number of hydrogen-bond acceptors (Lipinski definition) is 2. The van der Waals surface area contributed by atoms with Crippen LogP contribution in [0.3, 0.4) is 0 Å². The summed E-state index contributed by atoms with van der Waals surface area (Å²) in [5, 5.41) is 3.80. The highest BCUT2D eigenvalue weighted by Crippen LogP contribution is 2.21. The molecule has 28 heavy (non-hydrogen) atoms. The zero-order valence-electron chi connectivity index (χ0n) is 15.5. The van der Waals surface area contributed by atoms with Crippen molar-refractivity contribution >= 4 is 28.4 Å². The van der Waals surface area contributed by atoms with Gasteiger partial charge in [-0.2, -0.15) is 0 Å². The van der Waals surface area contributed by atoms with E-state index < -0.39 is 0 Å². The molecular formula is C22H22FN3O2. The standard InChI is InChI=1S/C22H22FN3O2/c23-17-8-7-16-9-13-25(20(16)15-17)14-10-21(27)24-19-6-2-1-5-18(19)22(28)26-11-3-4-12-26/h1-2,5-9,13,15H,3-4,10-12,14H2,(H,24,27). The van der Waals surface area contributed by atoms with Crippen LogP contribution < -0.4 is 5.32 Å². The number of para-hydroxylation sites is 1. The van der Waals surface area contributed by atoms with Crippen LogP contribution in [0.4, 0.5) is 10.1 Å². The van der Waals surface area contributed by atoms with Crippen LogP contribution in [0.25, 0.3) is 10.9 Å². The Morgan fingerprint density at radius 3 is 2.64 bits per heavy atom. The van der Waals surface area contributed by atoms with E-state index in [1.807, 2.05) is 21.7 Å². The molecule has 144 valence electrons. The third kappa shape index (κ3) is 3.76. The first kappa shape index (κ1) is 18.2. The van der Waals surface area contributed by atoms with Gasteiger partial charge in [0.05, 0.1) is 16.8 Å². The first-order chi connectivity index (χ1) is 13.6. The number of fused-ring (bicyclic) bond motifs is 1. The predicted molar refractivity (Wildman–Crippen MR) is 107 cm³/mol. The Morgan fingerprint density at radius 1 is 1.04 bits per heavy atom. The minimum absolute atomic E-state index is 0.0414. The molecule has 0 aliphatic carbocycles. The van der Waals surface area contributed by atoms with Crippen molar-refractivity contribution < 1.29 is 14.0 Å². The molecule has 5 nitrogen and oxygen atoms in total.